The van der Waals surface area contributed by atoms with E-state index in [-0.39, 0.29) is 0 Å². The first-order chi connectivity index (χ1) is 9.11. The van der Waals surface area contributed by atoms with Crippen molar-refractivity contribution in [2.24, 2.45) is 0 Å². The highest BCUT2D eigenvalue weighted by molar-refractivity contribution is 14.1. The Hall–Kier alpha value is -0.430. The standard InChI is InChI=1S/C13H11Cl2IN2O/c1-19-7-10-12(16)13(15)18-11(17-10)6-8-4-2-3-5-9(8)14/h2-5H,6-7H2,1H3. The lowest BCUT2D eigenvalue weighted by Gasteiger charge is -2.08. The van der Waals surface area contributed by atoms with Crippen molar-refractivity contribution in [3.63, 3.8) is 0 Å². The van der Waals surface area contributed by atoms with E-state index >= 15 is 0 Å². The second-order valence-electron chi connectivity index (χ2n) is 3.89. The third-order valence-corrected chi connectivity index (χ3v) is 4.61. The quantitative estimate of drug-likeness (QED) is 0.563. The van der Waals surface area contributed by atoms with Gasteiger partial charge in [-0.1, -0.05) is 41.4 Å². The molecule has 0 amide bonds. The molecule has 1 aromatic carbocycles. The van der Waals surface area contributed by atoms with Gasteiger partial charge < -0.3 is 4.74 Å². The zero-order valence-electron chi connectivity index (χ0n) is 10.2. The highest BCUT2D eigenvalue weighted by atomic mass is 127. The molecule has 19 heavy (non-hydrogen) atoms. The van der Waals surface area contributed by atoms with E-state index in [2.05, 4.69) is 32.6 Å². The zero-order valence-corrected chi connectivity index (χ0v) is 13.8. The number of aromatic nitrogens is 2. The van der Waals surface area contributed by atoms with Gasteiger partial charge in [0.15, 0.2) is 0 Å². The van der Waals surface area contributed by atoms with Crippen LogP contribution in [-0.2, 0) is 17.8 Å². The molecule has 0 aliphatic rings. The summed E-state index contributed by atoms with van der Waals surface area (Å²) in [6.45, 7) is 0.413. The highest BCUT2D eigenvalue weighted by Crippen LogP contribution is 2.22. The lowest BCUT2D eigenvalue weighted by molar-refractivity contribution is 0.180. The van der Waals surface area contributed by atoms with Crippen molar-refractivity contribution in [2.75, 3.05) is 7.11 Å². The summed E-state index contributed by atoms with van der Waals surface area (Å²) in [6, 6.07) is 7.63. The van der Waals surface area contributed by atoms with Gasteiger partial charge in [0.2, 0.25) is 0 Å². The van der Waals surface area contributed by atoms with Crippen LogP contribution in [-0.4, -0.2) is 17.1 Å². The monoisotopic (exact) mass is 408 g/mol. The molecule has 0 saturated heterocycles. The molecular formula is C13H11Cl2IN2O. The topological polar surface area (TPSA) is 35.0 Å². The van der Waals surface area contributed by atoms with Crippen molar-refractivity contribution in [2.45, 2.75) is 13.0 Å². The molecule has 2 aromatic rings. The Morgan fingerprint density at radius 3 is 2.63 bits per heavy atom. The molecule has 0 bridgehead atoms. The Labute approximate surface area is 135 Å². The average molecular weight is 409 g/mol. The SMILES string of the molecule is COCc1nc(Cc2ccccc2Cl)nc(Cl)c1I. The lowest BCUT2D eigenvalue weighted by atomic mass is 10.1. The minimum Gasteiger partial charge on any atom is -0.378 e. The molecule has 0 unspecified atom stereocenters. The largest absolute Gasteiger partial charge is 0.378 e. The Kier molecular flexibility index (Phi) is 5.38. The van der Waals surface area contributed by atoms with Crippen LogP contribution in [0.2, 0.25) is 10.2 Å². The summed E-state index contributed by atoms with van der Waals surface area (Å²) in [6.07, 6.45) is 0.549. The summed E-state index contributed by atoms with van der Waals surface area (Å²) < 4.78 is 5.94. The first kappa shape index (κ1) is 15.0. The molecule has 0 aliphatic carbocycles. The predicted octanol–water partition coefficient (Wildman–Crippen LogP) is 4.13. The molecule has 0 atom stereocenters. The van der Waals surface area contributed by atoms with Gasteiger partial charge in [0, 0.05) is 18.6 Å². The Balaban J connectivity index is 2.33. The van der Waals surface area contributed by atoms with Crippen LogP contribution in [0.3, 0.4) is 0 Å². The number of ether oxygens (including phenoxy) is 1. The normalized spacial score (nSPS) is 10.7. The van der Waals surface area contributed by atoms with E-state index in [4.69, 9.17) is 27.9 Å². The zero-order chi connectivity index (χ0) is 13.8. The van der Waals surface area contributed by atoms with Gasteiger partial charge in [-0.25, -0.2) is 9.97 Å². The van der Waals surface area contributed by atoms with Gasteiger partial charge >= 0.3 is 0 Å². The first-order valence-electron chi connectivity index (χ1n) is 5.55. The molecule has 3 nitrogen and oxygen atoms in total. The van der Waals surface area contributed by atoms with Gasteiger partial charge in [0.25, 0.3) is 0 Å². The van der Waals surface area contributed by atoms with Crippen molar-refractivity contribution >= 4 is 45.8 Å². The predicted molar refractivity (Wildman–Crippen MR) is 84.7 cm³/mol. The molecule has 0 aliphatic heterocycles. The van der Waals surface area contributed by atoms with Gasteiger partial charge in [-0.2, -0.15) is 0 Å². The van der Waals surface area contributed by atoms with E-state index in [0.29, 0.717) is 29.0 Å². The average Bonchev–Trinajstić information content (AvgIpc) is 2.38. The minimum atomic E-state index is 0.413. The maximum absolute atomic E-state index is 6.13. The molecule has 0 fully saturated rings. The molecule has 0 saturated carbocycles. The van der Waals surface area contributed by atoms with Crippen LogP contribution in [0, 0.1) is 3.57 Å². The van der Waals surface area contributed by atoms with Crippen LogP contribution < -0.4 is 0 Å². The van der Waals surface area contributed by atoms with Crippen molar-refractivity contribution in [3.05, 3.63) is 55.1 Å². The molecule has 1 heterocycles. The second-order valence-corrected chi connectivity index (χ2v) is 5.74. The number of hydrogen-bond acceptors (Lipinski definition) is 3. The molecular weight excluding hydrogens is 398 g/mol. The first-order valence-corrected chi connectivity index (χ1v) is 7.38. The van der Waals surface area contributed by atoms with E-state index in [9.17, 15) is 0 Å². The maximum atomic E-state index is 6.13. The number of halogens is 3. The van der Waals surface area contributed by atoms with Gasteiger partial charge in [-0.15, -0.1) is 0 Å². The van der Waals surface area contributed by atoms with Gasteiger partial charge in [-0.3, -0.25) is 0 Å². The van der Waals surface area contributed by atoms with Crippen LogP contribution in [0.25, 0.3) is 0 Å². The summed E-state index contributed by atoms with van der Waals surface area (Å²) in [5, 5.41) is 1.15. The Morgan fingerprint density at radius 1 is 1.21 bits per heavy atom. The fourth-order valence-electron chi connectivity index (χ4n) is 1.63. The van der Waals surface area contributed by atoms with Crippen molar-refractivity contribution in [1.82, 2.24) is 9.97 Å². The minimum absolute atomic E-state index is 0.413. The van der Waals surface area contributed by atoms with E-state index in [1.54, 1.807) is 7.11 Å². The maximum Gasteiger partial charge on any atom is 0.146 e. The molecule has 0 radical (unpaired) electrons. The lowest BCUT2D eigenvalue weighted by Crippen LogP contribution is -2.05. The summed E-state index contributed by atoms with van der Waals surface area (Å²) in [4.78, 5) is 8.76. The molecule has 6 heteroatoms. The third-order valence-electron chi connectivity index (χ3n) is 2.51. The summed E-state index contributed by atoms with van der Waals surface area (Å²) in [5.41, 5.74) is 1.77. The number of benzene rings is 1. The summed E-state index contributed by atoms with van der Waals surface area (Å²) in [5.74, 6) is 0.644. The fourth-order valence-corrected chi connectivity index (χ4v) is 2.44. The number of rotatable bonds is 4. The van der Waals surface area contributed by atoms with Gasteiger partial charge in [0.1, 0.15) is 11.0 Å². The number of hydrogen-bond donors (Lipinski definition) is 0. The Morgan fingerprint density at radius 2 is 1.95 bits per heavy atom. The Bertz CT molecular complexity index is 593. The van der Waals surface area contributed by atoms with Crippen LogP contribution in [0.4, 0.5) is 0 Å². The van der Waals surface area contributed by atoms with E-state index in [1.807, 2.05) is 24.3 Å². The third kappa shape index (κ3) is 3.78. The second kappa shape index (κ2) is 6.83. The molecule has 0 N–H and O–H groups in total. The van der Waals surface area contributed by atoms with Gasteiger partial charge in [-0.05, 0) is 34.2 Å². The van der Waals surface area contributed by atoms with Crippen molar-refractivity contribution < 1.29 is 4.74 Å². The molecule has 0 spiro atoms. The van der Waals surface area contributed by atoms with E-state index < -0.39 is 0 Å². The highest BCUT2D eigenvalue weighted by Gasteiger charge is 2.12. The van der Waals surface area contributed by atoms with Crippen LogP contribution in [0.5, 0.6) is 0 Å². The van der Waals surface area contributed by atoms with Gasteiger partial charge in [0.05, 0.1) is 15.9 Å². The molecule has 1 aromatic heterocycles. The van der Waals surface area contributed by atoms with E-state index in [0.717, 1.165) is 14.8 Å². The van der Waals surface area contributed by atoms with Crippen molar-refractivity contribution in [3.8, 4) is 0 Å². The van der Waals surface area contributed by atoms with Crippen LogP contribution in [0.15, 0.2) is 24.3 Å². The number of nitrogens with zero attached hydrogens (tertiary/aromatic N) is 2. The molecule has 2 rings (SSSR count). The molecule has 100 valence electrons. The fraction of sp³-hybridized carbons (Fsp3) is 0.231. The van der Waals surface area contributed by atoms with E-state index in [1.165, 1.54) is 0 Å². The number of methoxy groups -OCH3 is 1. The van der Waals surface area contributed by atoms with Crippen molar-refractivity contribution in [1.29, 1.82) is 0 Å². The summed E-state index contributed by atoms with van der Waals surface area (Å²) >= 11 is 14.4. The van der Waals surface area contributed by atoms with Crippen LogP contribution >= 0.6 is 45.8 Å². The van der Waals surface area contributed by atoms with Crippen LogP contribution in [0.1, 0.15) is 17.1 Å². The summed E-state index contributed by atoms with van der Waals surface area (Å²) in [7, 11) is 1.62. The smallest absolute Gasteiger partial charge is 0.146 e.